The number of aromatic nitrogens is 1. The molecule has 0 bridgehead atoms. The maximum Gasteiger partial charge on any atom is 0.411 e. The SMILES string of the molecule is CCCNC(CCOCC(F)(F)F)Cc1nccs1. The highest BCUT2D eigenvalue weighted by molar-refractivity contribution is 7.09. The Morgan fingerprint density at radius 1 is 1.47 bits per heavy atom. The fourth-order valence-electron chi connectivity index (χ4n) is 1.60. The molecule has 1 aromatic heterocycles. The summed E-state index contributed by atoms with van der Waals surface area (Å²) in [5, 5.41) is 6.20. The van der Waals surface area contributed by atoms with E-state index in [1.165, 1.54) is 0 Å². The van der Waals surface area contributed by atoms with Crippen molar-refractivity contribution in [1.82, 2.24) is 10.3 Å². The van der Waals surface area contributed by atoms with Crippen LogP contribution in [-0.4, -0.2) is 37.0 Å². The minimum Gasteiger partial charge on any atom is -0.372 e. The van der Waals surface area contributed by atoms with Crippen LogP contribution in [0.4, 0.5) is 13.2 Å². The molecule has 0 aromatic carbocycles. The lowest BCUT2D eigenvalue weighted by molar-refractivity contribution is -0.174. The fourth-order valence-corrected chi connectivity index (χ4v) is 2.30. The fraction of sp³-hybridized carbons (Fsp3) is 0.750. The van der Waals surface area contributed by atoms with Crippen LogP contribution >= 0.6 is 11.3 Å². The molecule has 1 aromatic rings. The van der Waals surface area contributed by atoms with Crippen LogP contribution in [-0.2, 0) is 11.2 Å². The van der Waals surface area contributed by atoms with Gasteiger partial charge in [-0.3, -0.25) is 0 Å². The average Bonchev–Trinajstić information content (AvgIpc) is 2.82. The summed E-state index contributed by atoms with van der Waals surface area (Å²) in [7, 11) is 0. The summed E-state index contributed by atoms with van der Waals surface area (Å²) in [4.78, 5) is 4.19. The van der Waals surface area contributed by atoms with E-state index < -0.39 is 12.8 Å². The van der Waals surface area contributed by atoms with Gasteiger partial charge in [-0.1, -0.05) is 6.92 Å². The van der Waals surface area contributed by atoms with Gasteiger partial charge in [0, 0.05) is 30.6 Å². The van der Waals surface area contributed by atoms with Crippen molar-refractivity contribution < 1.29 is 17.9 Å². The monoisotopic (exact) mass is 296 g/mol. The summed E-state index contributed by atoms with van der Waals surface area (Å²) in [6.07, 6.45) is -0.251. The van der Waals surface area contributed by atoms with Gasteiger partial charge in [0.15, 0.2) is 0 Å². The molecule has 1 atom stereocenters. The van der Waals surface area contributed by atoms with Crippen LogP contribution in [0.25, 0.3) is 0 Å². The molecule has 0 saturated heterocycles. The predicted octanol–water partition coefficient (Wildman–Crippen LogP) is 3.02. The van der Waals surface area contributed by atoms with Crippen LogP contribution in [0.3, 0.4) is 0 Å². The van der Waals surface area contributed by atoms with Gasteiger partial charge in [-0.05, 0) is 19.4 Å². The number of alkyl halides is 3. The molecular formula is C12H19F3N2OS. The maximum atomic E-state index is 11.9. The molecule has 3 nitrogen and oxygen atoms in total. The first-order chi connectivity index (χ1) is 9.01. The van der Waals surface area contributed by atoms with Gasteiger partial charge in [-0.15, -0.1) is 11.3 Å². The van der Waals surface area contributed by atoms with Crippen molar-refractivity contribution in [3.63, 3.8) is 0 Å². The summed E-state index contributed by atoms with van der Waals surface area (Å²) in [6.45, 7) is 1.82. The maximum absolute atomic E-state index is 11.9. The molecule has 0 aliphatic carbocycles. The predicted molar refractivity (Wildman–Crippen MR) is 69.4 cm³/mol. The smallest absolute Gasteiger partial charge is 0.372 e. The van der Waals surface area contributed by atoms with E-state index in [0.717, 1.165) is 24.4 Å². The van der Waals surface area contributed by atoms with E-state index in [2.05, 4.69) is 15.0 Å². The number of hydrogen-bond donors (Lipinski definition) is 1. The molecule has 1 rings (SSSR count). The topological polar surface area (TPSA) is 34.1 Å². The van der Waals surface area contributed by atoms with Crippen molar-refractivity contribution in [2.24, 2.45) is 0 Å². The van der Waals surface area contributed by atoms with Gasteiger partial charge < -0.3 is 10.1 Å². The van der Waals surface area contributed by atoms with E-state index in [-0.39, 0.29) is 12.6 Å². The second-order valence-electron chi connectivity index (χ2n) is 4.24. The lowest BCUT2D eigenvalue weighted by atomic mass is 10.1. The molecule has 1 heterocycles. The summed E-state index contributed by atoms with van der Waals surface area (Å²) in [6, 6.07) is 0.110. The van der Waals surface area contributed by atoms with E-state index in [1.807, 2.05) is 12.3 Å². The molecule has 0 aliphatic heterocycles. The van der Waals surface area contributed by atoms with Crippen molar-refractivity contribution in [3.8, 4) is 0 Å². The van der Waals surface area contributed by atoms with Gasteiger partial charge in [0.05, 0.1) is 5.01 Å². The molecule has 0 fully saturated rings. The van der Waals surface area contributed by atoms with Crippen LogP contribution < -0.4 is 5.32 Å². The largest absolute Gasteiger partial charge is 0.411 e. The van der Waals surface area contributed by atoms with Gasteiger partial charge in [0.1, 0.15) is 6.61 Å². The van der Waals surface area contributed by atoms with E-state index in [1.54, 1.807) is 17.5 Å². The minimum absolute atomic E-state index is 0.103. The summed E-state index contributed by atoms with van der Waals surface area (Å²) >= 11 is 1.56. The molecule has 0 spiro atoms. The molecule has 1 unspecified atom stereocenters. The van der Waals surface area contributed by atoms with E-state index in [4.69, 9.17) is 0 Å². The van der Waals surface area contributed by atoms with Crippen molar-refractivity contribution in [2.75, 3.05) is 19.8 Å². The Balaban J connectivity index is 2.29. The lowest BCUT2D eigenvalue weighted by Gasteiger charge is -2.17. The van der Waals surface area contributed by atoms with Gasteiger partial charge in [0.25, 0.3) is 0 Å². The molecule has 110 valence electrons. The van der Waals surface area contributed by atoms with Gasteiger partial charge in [-0.25, -0.2) is 4.98 Å². The van der Waals surface area contributed by atoms with Gasteiger partial charge in [0.2, 0.25) is 0 Å². The van der Waals surface area contributed by atoms with Crippen LogP contribution in [0.5, 0.6) is 0 Å². The van der Waals surface area contributed by atoms with Crippen LogP contribution in [0.1, 0.15) is 24.8 Å². The molecular weight excluding hydrogens is 277 g/mol. The number of thiazole rings is 1. The number of nitrogens with one attached hydrogen (secondary N) is 1. The molecule has 0 saturated carbocycles. The van der Waals surface area contributed by atoms with Crippen molar-refractivity contribution in [1.29, 1.82) is 0 Å². The zero-order valence-corrected chi connectivity index (χ0v) is 11.7. The van der Waals surface area contributed by atoms with Crippen molar-refractivity contribution in [3.05, 3.63) is 16.6 Å². The Labute approximate surface area is 115 Å². The van der Waals surface area contributed by atoms with E-state index in [0.29, 0.717) is 6.42 Å². The van der Waals surface area contributed by atoms with Crippen LogP contribution in [0, 0.1) is 0 Å². The van der Waals surface area contributed by atoms with Gasteiger partial charge in [-0.2, -0.15) is 13.2 Å². The van der Waals surface area contributed by atoms with E-state index in [9.17, 15) is 13.2 Å². The first-order valence-corrected chi connectivity index (χ1v) is 7.15. The van der Waals surface area contributed by atoms with Crippen molar-refractivity contribution >= 4 is 11.3 Å². The second-order valence-corrected chi connectivity index (χ2v) is 5.22. The third-order valence-corrected chi connectivity index (χ3v) is 3.27. The Hall–Kier alpha value is -0.660. The molecule has 1 N–H and O–H groups in total. The Morgan fingerprint density at radius 2 is 2.26 bits per heavy atom. The van der Waals surface area contributed by atoms with Crippen molar-refractivity contribution in [2.45, 2.75) is 38.4 Å². The summed E-state index contributed by atoms with van der Waals surface area (Å²) < 4.78 is 40.5. The highest BCUT2D eigenvalue weighted by atomic mass is 32.1. The zero-order chi connectivity index (χ0) is 14.1. The Bertz CT molecular complexity index is 330. The molecule has 19 heavy (non-hydrogen) atoms. The third-order valence-electron chi connectivity index (χ3n) is 2.46. The second kappa shape index (κ2) is 8.50. The normalized spacial score (nSPS) is 13.7. The third kappa shape index (κ3) is 8.18. The quantitative estimate of drug-likeness (QED) is 0.711. The molecule has 0 radical (unpaired) electrons. The molecule has 0 aliphatic rings. The Morgan fingerprint density at radius 3 is 2.84 bits per heavy atom. The van der Waals surface area contributed by atoms with E-state index >= 15 is 0 Å². The molecule has 7 heteroatoms. The lowest BCUT2D eigenvalue weighted by Crippen LogP contribution is -2.33. The van der Waals surface area contributed by atoms with Crippen LogP contribution in [0.2, 0.25) is 0 Å². The first kappa shape index (κ1) is 16.4. The number of nitrogens with zero attached hydrogens (tertiary/aromatic N) is 1. The minimum atomic E-state index is -4.25. The number of hydrogen-bond acceptors (Lipinski definition) is 4. The first-order valence-electron chi connectivity index (χ1n) is 6.27. The summed E-state index contributed by atoms with van der Waals surface area (Å²) in [5.74, 6) is 0. The molecule has 0 amide bonds. The van der Waals surface area contributed by atoms with Crippen LogP contribution in [0.15, 0.2) is 11.6 Å². The van der Waals surface area contributed by atoms with Gasteiger partial charge >= 0.3 is 6.18 Å². The summed E-state index contributed by atoms with van der Waals surface area (Å²) in [5.41, 5.74) is 0. The average molecular weight is 296 g/mol. The number of ether oxygens (including phenoxy) is 1. The standard InChI is InChI=1S/C12H19F3N2OS/c1-2-4-16-10(8-11-17-5-7-19-11)3-6-18-9-12(13,14)15/h5,7,10,16H,2-4,6,8-9H2,1H3. The Kier molecular flexibility index (Phi) is 7.33. The number of rotatable bonds is 9. The number of halogens is 3. The highest BCUT2D eigenvalue weighted by Gasteiger charge is 2.27. The zero-order valence-electron chi connectivity index (χ0n) is 10.9. The highest BCUT2D eigenvalue weighted by Crippen LogP contribution is 2.15.